The molecule has 15 heavy (non-hydrogen) atoms. The van der Waals surface area contributed by atoms with Crippen LogP contribution in [-0.2, 0) is 6.42 Å². The molecule has 0 fully saturated rings. The second kappa shape index (κ2) is 3.38. The highest BCUT2D eigenvalue weighted by atomic mass is 16.3. The van der Waals surface area contributed by atoms with Crippen molar-refractivity contribution in [1.29, 1.82) is 0 Å². The van der Waals surface area contributed by atoms with E-state index >= 15 is 0 Å². The summed E-state index contributed by atoms with van der Waals surface area (Å²) in [5.74, 6) is 2.74. The first kappa shape index (κ1) is 10.7. The molecular weight excluding hydrogens is 186 g/mol. The van der Waals surface area contributed by atoms with Crippen molar-refractivity contribution >= 4 is 0 Å². The molecule has 0 bridgehead atoms. The van der Waals surface area contributed by atoms with Gasteiger partial charge in [-0.2, -0.15) is 0 Å². The molecule has 2 unspecified atom stereocenters. The van der Waals surface area contributed by atoms with Crippen LogP contribution in [0.3, 0.4) is 0 Å². The van der Waals surface area contributed by atoms with Crippen LogP contribution < -0.4 is 5.73 Å². The van der Waals surface area contributed by atoms with Gasteiger partial charge < -0.3 is 10.2 Å². The van der Waals surface area contributed by atoms with Crippen LogP contribution in [0.4, 0.5) is 0 Å². The van der Waals surface area contributed by atoms with Gasteiger partial charge in [-0.05, 0) is 30.7 Å². The third-order valence-corrected chi connectivity index (χ3v) is 3.56. The van der Waals surface area contributed by atoms with Crippen molar-refractivity contribution in [2.45, 2.75) is 46.6 Å². The SMILES string of the molecule is Cc1cc2c(o1)CC(C(C)(C)C)CC2N. The summed E-state index contributed by atoms with van der Waals surface area (Å²) in [7, 11) is 0. The van der Waals surface area contributed by atoms with Crippen molar-refractivity contribution in [3.8, 4) is 0 Å². The molecule has 1 aromatic rings. The van der Waals surface area contributed by atoms with Gasteiger partial charge in [0.05, 0.1) is 0 Å². The third kappa shape index (κ3) is 1.96. The normalized spacial score (nSPS) is 26.5. The average Bonchev–Trinajstić information content (AvgIpc) is 2.44. The van der Waals surface area contributed by atoms with Crippen molar-refractivity contribution in [2.75, 3.05) is 0 Å². The molecule has 2 N–H and O–H groups in total. The Morgan fingerprint density at radius 3 is 2.67 bits per heavy atom. The molecule has 1 aromatic heterocycles. The zero-order chi connectivity index (χ0) is 11.2. The lowest BCUT2D eigenvalue weighted by Gasteiger charge is -2.35. The number of hydrogen-bond donors (Lipinski definition) is 1. The van der Waals surface area contributed by atoms with Crippen LogP contribution in [0.15, 0.2) is 10.5 Å². The fourth-order valence-electron chi connectivity index (χ4n) is 2.46. The van der Waals surface area contributed by atoms with Crippen LogP contribution in [0, 0.1) is 18.3 Å². The summed E-state index contributed by atoms with van der Waals surface area (Å²) in [6, 6.07) is 2.26. The van der Waals surface area contributed by atoms with E-state index in [0.717, 1.165) is 24.4 Å². The smallest absolute Gasteiger partial charge is 0.109 e. The van der Waals surface area contributed by atoms with E-state index in [1.807, 2.05) is 6.92 Å². The molecule has 0 aromatic carbocycles. The lowest BCUT2D eigenvalue weighted by atomic mass is 9.71. The average molecular weight is 207 g/mol. The molecule has 84 valence electrons. The molecule has 1 heterocycles. The van der Waals surface area contributed by atoms with Gasteiger partial charge in [0, 0.05) is 18.0 Å². The van der Waals surface area contributed by atoms with E-state index in [0.29, 0.717) is 11.3 Å². The highest BCUT2D eigenvalue weighted by Crippen LogP contribution is 2.41. The number of hydrogen-bond acceptors (Lipinski definition) is 2. The first-order valence-corrected chi connectivity index (χ1v) is 5.72. The van der Waals surface area contributed by atoms with Gasteiger partial charge in [-0.15, -0.1) is 0 Å². The van der Waals surface area contributed by atoms with Crippen molar-refractivity contribution in [1.82, 2.24) is 0 Å². The van der Waals surface area contributed by atoms with Crippen molar-refractivity contribution in [2.24, 2.45) is 17.1 Å². The Bertz CT molecular complexity index is 359. The van der Waals surface area contributed by atoms with Gasteiger partial charge in [-0.3, -0.25) is 0 Å². The monoisotopic (exact) mass is 207 g/mol. The molecule has 2 rings (SSSR count). The summed E-state index contributed by atoms with van der Waals surface area (Å²) in [6.07, 6.45) is 2.12. The van der Waals surface area contributed by atoms with Gasteiger partial charge in [0.2, 0.25) is 0 Å². The fourth-order valence-corrected chi connectivity index (χ4v) is 2.46. The zero-order valence-corrected chi connectivity index (χ0v) is 10.1. The molecule has 2 heteroatoms. The van der Waals surface area contributed by atoms with Gasteiger partial charge in [0.1, 0.15) is 11.5 Å². The van der Waals surface area contributed by atoms with E-state index in [-0.39, 0.29) is 6.04 Å². The van der Waals surface area contributed by atoms with Gasteiger partial charge in [-0.1, -0.05) is 20.8 Å². The minimum Gasteiger partial charge on any atom is -0.466 e. The van der Waals surface area contributed by atoms with Gasteiger partial charge in [0.25, 0.3) is 0 Å². The molecule has 1 aliphatic carbocycles. The first-order chi connectivity index (χ1) is 6.88. The summed E-state index contributed by atoms with van der Waals surface area (Å²) in [4.78, 5) is 0. The predicted octanol–water partition coefficient (Wildman–Crippen LogP) is 3.20. The standard InChI is InChI=1S/C13H21NO/c1-8-5-10-11(14)6-9(13(2,3)4)7-12(10)15-8/h5,9,11H,6-7,14H2,1-4H3. The number of rotatable bonds is 0. The van der Waals surface area contributed by atoms with Crippen molar-refractivity contribution in [3.05, 3.63) is 23.2 Å². The Kier molecular flexibility index (Phi) is 2.42. The van der Waals surface area contributed by atoms with Gasteiger partial charge in [-0.25, -0.2) is 0 Å². The Balaban J connectivity index is 2.30. The molecule has 0 spiro atoms. The number of nitrogens with two attached hydrogens (primary N) is 1. The number of furan rings is 1. The molecule has 2 atom stereocenters. The van der Waals surface area contributed by atoms with E-state index < -0.39 is 0 Å². The largest absolute Gasteiger partial charge is 0.466 e. The highest BCUT2D eigenvalue weighted by molar-refractivity contribution is 5.28. The molecule has 2 nitrogen and oxygen atoms in total. The van der Waals surface area contributed by atoms with Crippen molar-refractivity contribution < 1.29 is 4.42 Å². The molecule has 0 aliphatic heterocycles. The lowest BCUT2D eigenvalue weighted by molar-refractivity contribution is 0.188. The van der Waals surface area contributed by atoms with Crippen molar-refractivity contribution in [3.63, 3.8) is 0 Å². The molecule has 0 saturated heterocycles. The minimum atomic E-state index is 0.162. The molecule has 0 saturated carbocycles. The van der Waals surface area contributed by atoms with E-state index in [9.17, 15) is 0 Å². The Morgan fingerprint density at radius 2 is 2.07 bits per heavy atom. The van der Waals surface area contributed by atoms with Crippen LogP contribution >= 0.6 is 0 Å². The summed E-state index contributed by atoms with van der Waals surface area (Å²) in [6.45, 7) is 8.85. The summed E-state index contributed by atoms with van der Waals surface area (Å²) in [5.41, 5.74) is 7.73. The molecular formula is C13H21NO. The minimum absolute atomic E-state index is 0.162. The van der Waals surface area contributed by atoms with Gasteiger partial charge >= 0.3 is 0 Å². The van der Waals surface area contributed by atoms with E-state index in [1.165, 1.54) is 5.56 Å². The maximum atomic E-state index is 6.19. The quantitative estimate of drug-likeness (QED) is 0.709. The molecule has 1 aliphatic rings. The summed E-state index contributed by atoms with van der Waals surface area (Å²) < 4.78 is 5.72. The topological polar surface area (TPSA) is 39.2 Å². The number of fused-ring (bicyclic) bond motifs is 1. The first-order valence-electron chi connectivity index (χ1n) is 5.72. The maximum absolute atomic E-state index is 6.19. The highest BCUT2D eigenvalue weighted by Gasteiger charge is 2.34. The number of aryl methyl sites for hydroxylation is 1. The Morgan fingerprint density at radius 1 is 1.40 bits per heavy atom. The van der Waals surface area contributed by atoms with E-state index in [1.54, 1.807) is 0 Å². The fraction of sp³-hybridized carbons (Fsp3) is 0.692. The van der Waals surface area contributed by atoms with Crippen LogP contribution in [0.1, 0.15) is 50.3 Å². The predicted molar refractivity (Wildman–Crippen MR) is 61.6 cm³/mol. The van der Waals surface area contributed by atoms with Crippen LogP contribution in [0.25, 0.3) is 0 Å². The van der Waals surface area contributed by atoms with Gasteiger partial charge in [0.15, 0.2) is 0 Å². The van der Waals surface area contributed by atoms with E-state index in [4.69, 9.17) is 10.2 Å². The van der Waals surface area contributed by atoms with E-state index in [2.05, 4.69) is 26.8 Å². The Labute approximate surface area is 91.8 Å². The molecule has 0 amide bonds. The maximum Gasteiger partial charge on any atom is 0.109 e. The molecule has 0 radical (unpaired) electrons. The Hall–Kier alpha value is -0.760. The summed E-state index contributed by atoms with van der Waals surface area (Å²) in [5, 5.41) is 0. The second-order valence-corrected chi connectivity index (χ2v) is 5.84. The zero-order valence-electron chi connectivity index (χ0n) is 10.1. The third-order valence-electron chi connectivity index (χ3n) is 3.56. The second-order valence-electron chi connectivity index (χ2n) is 5.84. The van der Waals surface area contributed by atoms with Crippen LogP contribution in [-0.4, -0.2) is 0 Å². The van der Waals surface area contributed by atoms with Crippen LogP contribution in [0.2, 0.25) is 0 Å². The summed E-state index contributed by atoms with van der Waals surface area (Å²) >= 11 is 0. The van der Waals surface area contributed by atoms with Crippen LogP contribution in [0.5, 0.6) is 0 Å². The lowest BCUT2D eigenvalue weighted by Crippen LogP contribution is -2.31.